The van der Waals surface area contributed by atoms with Gasteiger partial charge in [-0.3, -0.25) is 9.69 Å². The molecule has 1 N–H and O–H groups in total. The number of nitrogens with zero attached hydrogens (tertiary/aromatic N) is 3. The Bertz CT molecular complexity index is 829. The Morgan fingerprint density at radius 1 is 1.35 bits per heavy atom. The van der Waals surface area contributed by atoms with Crippen LogP contribution in [0.3, 0.4) is 0 Å². The highest BCUT2D eigenvalue weighted by Crippen LogP contribution is 2.32. The van der Waals surface area contributed by atoms with Crippen molar-refractivity contribution in [1.29, 1.82) is 5.26 Å². The zero-order valence-corrected chi connectivity index (χ0v) is 14.5. The lowest BCUT2D eigenvalue weighted by atomic mass is 9.79. The molecule has 2 aromatic rings. The molecule has 2 bridgehead atoms. The number of hydrogen-bond donors (Lipinski definition) is 1. The predicted octanol–water partition coefficient (Wildman–Crippen LogP) is 2.55. The van der Waals surface area contributed by atoms with Gasteiger partial charge in [0.25, 0.3) is 5.91 Å². The van der Waals surface area contributed by atoms with Crippen molar-refractivity contribution in [3.63, 3.8) is 0 Å². The summed E-state index contributed by atoms with van der Waals surface area (Å²) in [5, 5.41) is 11.9. The van der Waals surface area contributed by atoms with Gasteiger partial charge in [0.1, 0.15) is 18.1 Å². The predicted molar refractivity (Wildman–Crippen MR) is 92.7 cm³/mol. The average molecular weight is 352 g/mol. The molecule has 0 spiro atoms. The van der Waals surface area contributed by atoms with Gasteiger partial charge in [0.2, 0.25) is 0 Å². The van der Waals surface area contributed by atoms with Gasteiger partial charge in [-0.25, -0.2) is 0 Å². The minimum atomic E-state index is -0.0648. The highest BCUT2D eigenvalue weighted by atomic mass is 16.6. The third kappa shape index (κ3) is 3.16. The SMILES string of the molecule is CC1C(NC(=O)c2ccc(Oc3nc(C#N)co3)cc2)C2CCN1CC2. The summed E-state index contributed by atoms with van der Waals surface area (Å²) in [7, 11) is 0. The molecule has 4 heterocycles. The van der Waals surface area contributed by atoms with Crippen LogP contribution in [0.5, 0.6) is 11.8 Å². The molecule has 26 heavy (non-hydrogen) atoms. The van der Waals surface area contributed by atoms with E-state index < -0.39 is 0 Å². The Labute approximate surface area is 151 Å². The molecule has 134 valence electrons. The van der Waals surface area contributed by atoms with Crippen molar-refractivity contribution >= 4 is 5.91 Å². The van der Waals surface area contributed by atoms with E-state index in [4.69, 9.17) is 14.4 Å². The van der Waals surface area contributed by atoms with Crippen LogP contribution in [0.2, 0.25) is 0 Å². The van der Waals surface area contributed by atoms with Crippen molar-refractivity contribution in [1.82, 2.24) is 15.2 Å². The van der Waals surface area contributed by atoms with E-state index in [1.165, 1.54) is 6.26 Å². The fraction of sp³-hybridized carbons (Fsp3) is 0.421. The number of rotatable bonds is 4. The first-order chi connectivity index (χ1) is 12.6. The van der Waals surface area contributed by atoms with E-state index in [0.717, 1.165) is 25.9 Å². The van der Waals surface area contributed by atoms with Crippen LogP contribution in [0, 0.1) is 17.2 Å². The Morgan fingerprint density at radius 3 is 2.69 bits per heavy atom. The lowest BCUT2D eigenvalue weighted by Gasteiger charge is -2.49. The van der Waals surface area contributed by atoms with Crippen LogP contribution in [-0.2, 0) is 0 Å². The summed E-state index contributed by atoms with van der Waals surface area (Å²) in [6.07, 6.45) is 3.54. The molecular weight excluding hydrogens is 332 g/mol. The Kier molecular flexibility index (Phi) is 4.35. The van der Waals surface area contributed by atoms with E-state index in [9.17, 15) is 4.79 Å². The van der Waals surface area contributed by atoms with Gasteiger partial charge in [0, 0.05) is 17.6 Å². The van der Waals surface area contributed by atoms with E-state index in [0.29, 0.717) is 23.3 Å². The first-order valence-corrected chi connectivity index (χ1v) is 8.82. The molecule has 2 atom stereocenters. The zero-order valence-electron chi connectivity index (χ0n) is 14.5. The summed E-state index contributed by atoms with van der Waals surface area (Å²) in [6, 6.07) is 9.26. The second-order valence-electron chi connectivity index (χ2n) is 6.85. The zero-order chi connectivity index (χ0) is 18.1. The van der Waals surface area contributed by atoms with Crippen LogP contribution in [0.4, 0.5) is 0 Å². The third-order valence-corrected chi connectivity index (χ3v) is 5.39. The van der Waals surface area contributed by atoms with Crippen LogP contribution in [0.1, 0.15) is 35.8 Å². The molecule has 1 aromatic heterocycles. The molecule has 3 aliphatic heterocycles. The van der Waals surface area contributed by atoms with Gasteiger partial charge in [-0.05, 0) is 63.0 Å². The normalized spacial score (nSPS) is 26.9. The Balaban J connectivity index is 1.40. The second-order valence-corrected chi connectivity index (χ2v) is 6.85. The number of amides is 1. The summed E-state index contributed by atoms with van der Waals surface area (Å²) in [4.78, 5) is 18.9. The Hall–Kier alpha value is -2.85. The van der Waals surface area contributed by atoms with Crippen LogP contribution < -0.4 is 10.1 Å². The number of fused-ring (bicyclic) bond motifs is 3. The molecule has 3 fully saturated rings. The number of piperidine rings is 3. The molecule has 1 amide bonds. The van der Waals surface area contributed by atoms with Crippen molar-refractivity contribution in [2.75, 3.05) is 13.1 Å². The van der Waals surface area contributed by atoms with E-state index >= 15 is 0 Å². The molecular formula is C19H20N4O3. The number of hydrogen-bond acceptors (Lipinski definition) is 6. The highest BCUT2D eigenvalue weighted by molar-refractivity contribution is 5.94. The van der Waals surface area contributed by atoms with Gasteiger partial charge >= 0.3 is 6.08 Å². The summed E-state index contributed by atoms with van der Waals surface area (Å²) in [5.74, 6) is 0.995. The molecule has 3 aliphatic rings. The van der Waals surface area contributed by atoms with Gasteiger partial charge in [-0.15, -0.1) is 0 Å². The molecule has 0 aliphatic carbocycles. The molecule has 5 rings (SSSR count). The molecule has 0 saturated carbocycles. The highest BCUT2D eigenvalue weighted by Gasteiger charge is 2.40. The van der Waals surface area contributed by atoms with E-state index in [2.05, 4.69) is 22.1 Å². The standard InChI is InChI=1S/C19H20N4O3/c1-12-17(13-6-8-23(12)9-7-13)22-18(24)14-2-4-16(5-3-14)26-19-21-15(10-20)11-25-19/h2-5,11-13,17H,6-9H2,1H3,(H,22,24). The van der Waals surface area contributed by atoms with Gasteiger partial charge in [0.05, 0.1) is 0 Å². The first kappa shape index (κ1) is 16.6. The topological polar surface area (TPSA) is 91.4 Å². The number of nitrogens with one attached hydrogen (secondary N) is 1. The number of oxazole rings is 1. The lowest BCUT2D eigenvalue weighted by molar-refractivity contribution is 0.0217. The fourth-order valence-electron chi connectivity index (χ4n) is 3.91. The van der Waals surface area contributed by atoms with Crippen molar-refractivity contribution in [2.45, 2.75) is 31.8 Å². The molecule has 0 radical (unpaired) electrons. The van der Waals surface area contributed by atoms with Crippen molar-refractivity contribution < 1.29 is 13.9 Å². The van der Waals surface area contributed by atoms with Gasteiger partial charge in [-0.1, -0.05) is 0 Å². The minimum Gasteiger partial charge on any atom is -0.416 e. The average Bonchev–Trinajstić information content (AvgIpc) is 3.13. The molecule has 7 heteroatoms. The number of aromatic nitrogens is 1. The van der Waals surface area contributed by atoms with Crippen molar-refractivity contribution in [3.05, 3.63) is 41.8 Å². The van der Waals surface area contributed by atoms with Gasteiger partial charge in [0.15, 0.2) is 5.69 Å². The maximum Gasteiger partial charge on any atom is 0.400 e. The van der Waals surface area contributed by atoms with Crippen LogP contribution in [0.15, 0.2) is 34.9 Å². The van der Waals surface area contributed by atoms with Crippen molar-refractivity contribution in [2.24, 2.45) is 5.92 Å². The summed E-state index contributed by atoms with van der Waals surface area (Å²) in [6.45, 7) is 4.47. The molecule has 3 saturated heterocycles. The quantitative estimate of drug-likeness (QED) is 0.909. The number of carbonyl (C=O) groups excluding carboxylic acids is 1. The largest absolute Gasteiger partial charge is 0.416 e. The fourth-order valence-corrected chi connectivity index (χ4v) is 3.91. The molecule has 7 nitrogen and oxygen atoms in total. The molecule has 2 unspecified atom stereocenters. The number of benzene rings is 1. The van der Waals surface area contributed by atoms with Crippen LogP contribution >= 0.6 is 0 Å². The van der Waals surface area contributed by atoms with Crippen LogP contribution in [0.25, 0.3) is 0 Å². The van der Waals surface area contributed by atoms with Crippen molar-refractivity contribution in [3.8, 4) is 17.9 Å². The summed E-state index contributed by atoms with van der Waals surface area (Å²) < 4.78 is 10.5. The number of ether oxygens (including phenoxy) is 1. The van der Waals surface area contributed by atoms with E-state index in [1.807, 2.05) is 6.07 Å². The maximum atomic E-state index is 12.6. The molecule has 1 aromatic carbocycles. The smallest absolute Gasteiger partial charge is 0.400 e. The van der Waals surface area contributed by atoms with E-state index in [-0.39, 0.29) is 23.7 Å². The minimum absolute atomic E-state index is 0.000133. The second kappa shape index (κ2) is 6.81. The summed E-state index contributed by atoms with van der Waals surface area (Å²) >= 11 is 0. The summed E-state index contributed by atoms with van der Waals surface area (Å²) in [5.41, 5.74) is 0.744. The monoisotopic (exact) mass is 352 g/mol. The number of nitriles is 1. The maximum absolute atomic E-state index is 12.6. The van der Waals surface area contributed by atoms with Crippen LogP contribution in [-0.4, -0.2) is 41.0 Å². The first-order valence-electron chi connectivity index (χ1n) is 8.82. The van der Waals surface area contributed by atoms with Gasteiger partial charge < -0.3 is 14.5 Å². The Morgan fingerprint density at radius 2 is 2.08 bits per heavy atom. The van der Waals surface area contributed by atoms with E-state index in [1.54, 1.807) is 24.3 Å². The third-order valence-electron chi connectivity index (χ3n) is 5.39. The lowest BCUT2D eigenvalue weighted by Crippen LogP contribution is -2.62. The van der Waals surface area contributed by atoms with Gasteiger partial charge in [-0.2, -0.15) is 10.2 Å². The number of carbonyl (C=O) groups is 1.